The van der Waals surface area contributed by atoms with Crippen molar-refractivity contribution in [3.63, 3.8) is 0 Å². The molecule has 0 spiro atoms. The van der Waals surface area contributed by atoms with E-state index >= 15 is 0 Å². The molecule has 1 fully saturated rings. The zero-order chi connectivity index (χ0) is 21.5. The predicted octanol–water partition coefficient (Wildman–Crippen LogP) is 4.92. The molecule has 160 valence electrons. The average Bonchev–Trinajstić information content (AvgIpc) is 3.19. The molecule has 1 N–H and O–H groups in total. The molecule has 0 radical (unpaired) electrons. The monoisotopic (exact) mass is 416 g/mol. The van der Waals surface area contributed by atoms with Crippen LogP contribution >= 0.6 is 0 Å². The zero-order valence-corrected chi connectivity index (χ0v) is 18.4. The molecule has 0 aliphatic carbocycles. The van der Waals surface area contributed by atoms with E-state index in [0.29, 0.717) is 12.0 Å². The molecule has 1 aromatic carbocycles. The van der Waals surface area contributed by atoms with E-state index in [2.05, 4.69) is 82.9 Å². The number of aromatic nitrogens is 4. The number of rotatable bonds is 4. The molecule has 0 unspecified atom stereocenters. The van der Waals surface area contributed by atoms with E-state index in [1.165, 1.54) is 5.39 Å². The van der Waals surface area contributed by atoms with Gasteiger partial charge >= 0.3 is 0 Å². The van der Waals surface area contributed by atoms with Crippen LogP contribution in [0.15, 0.2) is 48.9 Å². The van der Waals surface area contributed by atoms with Gasteiger partial charge in [0, 0.05) is 42.3 Å². The molecule has 0 bridgehead atoms. The van der Waals surface area contributed by atoms with E-state index in [1.54, 1.807) is 0 Å². The van der Waals surface area contributed by atoms with Crippen molar-refractivity contribution in [3.8, 4) is 0 Å². The largest absolute Gasteiger partial charge is 0.372 e. The Hall–Kier alpha value is -3.19. The number of hydrogen-bond acceptors (Lipinski definition) is 6. The van der Waals surface area contributed by atoms with Gasteiger partial charge in [-0.25, -0.2) is 15.0 Å². The van der Waals surface area contributed by atoms with E-state index in [9.17, 15) is 0 Å². The quantitative estimate of drug-likeness (QED) is 0.509. The molecule has 7 nitrogen and oxygen atoms in total. The highest BCUT2D eigenvalue weighted by molar-refractivity contribution is 6.03. The first-order valence-corrected chi connectivity index (χ1v) is 10.9. The van der Waals surface area contributed by atoms with E-state index < -0.39 is 0 Å². The highest BCUT2D eigenvalue weighted by Gasteiger charge is 2.22. The van der Waals surface area contributed by atoms with Gasteiger partial charge in [-0.3, -0.25) is 0 Å². The number of anilines is 3. The van der Waals surface area contributed by atoms with Gasteiger partial charge in [-0.05, 0) is 45.9 Å². The van der Waals surface area contributed by atoms with Gasteiger partial charge in [0.15, 0.2) is 0 Å². The van der Waals surface area contributed by atoms with Crippen LogP contribution in [-0.2, 0) is 4.74 Å². The van der Waals surface area contributed by atoms with Crippen molar-refractivity contribution >= 4 is 39.3 Å². The maximum absolute atomic E-state index is 5.83. The van der Waals surface area contributed by atoms with Gasteiger partial charge in [0.1, 0.15) is 11.3 Å². The van der Waals surface area contributed by atoms with Gasteiger partial charge < -0.3 is 19.5 Å². The highest BCUT2D eigenvalue weighted by atomic mass is 16.5. The molecule has 7 heteroatoms. The summed E-state index contributed by atoms with van der Waals surface area (Å²) < 4.78 is 8.09. The molecule has 31 heavy (non-hydrogen) atoms. The first-order chi connectivity index (χ1) is 15.0. The second-order valence-corrected chi connectivity index (χ2v) is 8.64. The van der Waals surface area contributed by atoms with E-state index in [1.807, 2.05) is 18.5 Å². The summed E-state index contributed by atoms with van der Waals surface area (Å²) in [6.45, 7) is 10.3. The van der Waals surface area contributed by atoms with E-state index in [-0.39, 0.29) is 12.2 Å². The van der Waals surface area contributed by atoms with Crippen LogP contribution in [0, 0.1) is 0 Å². The Morgan fingerprint density at radius 3 is 2.45 bits per heavy atom. The third-order valence-corrected chi connectivity index (χ3v) is 5.76. The standard InChI is InChI=1S/C24H28N6O/c1-15(2)30-10-9-18-5-6-19-11-26-24(28-22(19)23(18)30)27-21-8-7-20(12-25-21)29-13-16(3)31-17(4)14-29/h5-12,15-17H,13-14H2,1-4H3,(H,25,26,27,28)/t16-,17+. The van der Waals surface area contributed by atoms with Crippen LogP contribution in [0.1, 0.15) is 33.7 Å². The van der Waals surface area contributed by atoms with Gasteiger partial charge in [-0.2, -0.15) is 0 Å². The topological polar surface area (TPSA) is 68.1 Å². The van der Waals surface area contributed by atoms with Crippen LogP contribution in [-0.4, -0.2) is 44.8 Å². The predicted molar refractivity (Wildman–Crippen MR) is 125 cm³/mol. The molecule has 5 rings (SSSR count). The minimum absolute atomic E-state index is 0.217. The molecule has 1 aliphatic heterocycles. The van der Waals surface area contributed by atoms with Gasteiger partial charge in [0.25, 0.3) is 0 Å². The fraction of sp³-hybridized carbons (Fsp3) is 0.375. The Balaban J connectivity index is 1.42. The second-order valence-electron chi connectivity index (χ2n) is 8.64. The van der Waals surface area contributed by atoms with Crippen molar-refractivity contribution in [1.29, 1.82) is 0 Å². The number of nitrogens with zero attached hydrogens (tertiary/aromatic N) is 5. The molecule has 1 aliphatic rings. The normalized spacial score (nSPS) is 19.5. The van der Waals surface area contributed by atoms with Crippen molar-refractivity contribution in [2.24, 2.45) is 0 Å². The summed E-state index contributed by atoms with van der Waals surface area (Å²) in [6.07, 6.45) is 6.32. The lowest BCUT2D eigenvalue weighted by atomic mass is 10.2. The molecule has 4 aromatic rings. The Kier molecular flexibility index (Phi) is 4.98. The molecule has 4 heterocycles. The Labute approximate surface area is 182 Å². The Bertz CT molecular complexity index is 1210. The Morgan fingerprint density at radius 2 is 1.74 bits per heavy atom. The fourth-order valence-electron chi connectivity index (χ4n) is 4.38. The Morgan fingerprint density at radius 1 is 0.968 bits per heavy atom. The summed E-state index contributed by atoms with van der Waals surface area (Å²) in [6, 6.07) is 10.8. The van der Waals surface area contributed by atoms with Crippen molar-refractivity contribution in [3.05, 3.63) is 48.9 Å². The van der Waals surface area contributed by atoms with Crippen LogP contribution in [0.3, 0.4) is 0 Å². The van der Waals surface area contributed by atoms with Gasteiger partial charge in [-0.1, -0.05) is 12.1 Å². The lowest BCUT2D eigenvalue weighted by Crippen LogP contribution is -2.45. The zero-order valence-electron chi connectivity index (χ0n) is 18.4. The minimum atomic E-state index is 0.217. The second kappa shape index (κ2) is 7.81. The molecule has 2 atom stereocenters. The van der Waals surface area contributed by atoms with Crippen LogP contribution in [0.2, 0.25) is 0 Å². The number of nitrogens with one attached hydrogen (secondary N) is 1. The van der Waals surface area contributed by atoms with Gasteiger partial charge in [0.2, 0.25) is 5.95 Å². The summed E-state index contributed by atoms with van der Waals surface area (Å²) in [4.78, 5) is 16.3. The first kappa shape index (κ1) is 19.8. The summed E-state index contributed by atoms with van der Waals surface area (Å²) in [5, 5.41) is 5.47. The molecular formula is C24H28N6O. The number of morpholine rings is 1. The summed E-state index contributed by atoms with van der Waals surface area (Å²) >= 11 is 0. The minimum Gasteiger partial charge on any atom is -0.372 e. The number of fused-ring (bicyclic) bond motifs is 3. The molecule has 0 saturated carbocycles. The van der Waals surface area contributed by atoms with Crippen molar-refractivity contribution in [2.75, 3.05) is 23.3 Å². The molecule has 1 saturated heterocycles. The lowest BCUT2D eigenvalue weighted by Gasteiger charge is -2.36. The molecule has 3 aromatic heterocycles. The van der Waals surface area contributed by atoms with Crippen LogP contribution in [0.5, 0.6) is 0 Å². The fourth-order valence-corrected chi connectivity index (χ4v) is 4.38. The smallest absolute Gasteiger partial charge is 0.228 e. The van der Waals surface area contributed by atoms with Crippen LogP contribution in [0.25, 0.3) is 21.8 Å². The third kappa shape index (κ3) is 3.81. The average molecular weight is 417 g/mol. The number of ether oxygens (including phenoxy) is 1. The SMILES string of the molecule is CC(C)n1ccc2ccc3cnc(Nc4ccc(N5C[C@@H](C)O[C@@H](C)C5)cn4)nc3c21. The molecule has 0 amide bonds. The van der Waals surface area contributed by atoms with Crippen LogP contribution in [0.4, 0.5) is 17.5 Å². The first-order valence-electron chi connectivity index (χ1n) is 10.9. The van der Waals surface area contributed by atoms with E-state index in [4.69, 9.17) is 9.72 Å². The number of pyridine rings is 1. The van der Waals surface area contributed by atoms with Crippen LogP contribution < -0.4 is 10.2 Å². The maximum atomic E-state index is 5.83. The lowest BCUT2D eigenvalue weighted by molar-refractivity contribution is -0.00523. The maximum Gasteiger partial charge on any atom is 0.228 e. The van der Waals surface area contributed by atoms with E-state index in [0.717, 1.165) is 41.0 Å². The molecular weight excluding hydrogens is 388 g/mol. The summed E-state index contributed by atoms with van der Waals surface area (Å²) in [5.41, 5.74) is 3.18. The number of benzene rings is 1. The van der Waals surface area contributed by atoms with Crippen molar-refractivity contribution in [1.82, 2.24) is 19.5 Å². The third-order valence-electron chi connectivity index (χ3n) is 5.76. The van der Waals surface area contributed by atoms with Gasteiger partial charge in [0.05, 0.1) is 29.6 Å². The van der Waals surface area contributed by atoms with Crippen molar-refractivity contribution < 1.29 is 4.74 Å². The van der Waals surface area contributed by atoms with Crippen molar-refractivity contribution in [2.45, 2.75) is 45.9 Å². The van der Waals surface area contributed by atoms with Gasteiger partial charge in [-0.15, -0.1) is 0 Å². The number of hydrogen-bond donors (Lipinski definition) is 1. The highest BCUT2D eigenvalue weighted by Crippen LogP contribution is 2.28. The summed E-state index contributed by atoms with van der Waals surface area (Å²) in [7, 11) is 0. The summed E-state index contributed by atoms with van der Waals surface area (Å²) in [5.74, 6) is 1.27.